The fourth-order valence-electron chi connectivity index (χ4n) is 4.29. The van der Waals surface area contributed by atoms with Crippen molar-refractivity contribution >= 4 is 27.5 Å². The number of sulfonamides is 1. The summed E-state index contributed by atoms with van der Waals surface area (Å²) in [5.74, 6) is -0.515. The molecule has 0 bridgehead atoms. The van der Waals surface area contributed by atoms with E-state index in [-0.39, 0.29) is 23.0 Å². The highest BCUT2D eigenvalue weighted by molar-refractivity contribution is 7.92. The van der Waals surface area contributed by atoms with Crippen LogP contribution in [0, 0.1) is 13.8 Å². The SMILES string of the molecule is CC[C@H](C(=O)NC)N(Cc1ccccc1C)C(=O)CN(c1cc(C)ccc1OC)S(=O)(=O)c1ccccc1. The number of nitrogens with one attached hydrogen (secondary N) is 1. The van der Waals surface area contributed by atoms with Crippen LogP contribution in [0.15, 0.2) is 77.7 Å². The summed E-state index contributed by atoms with van der Waals surface area (Å²) in [6.07, 6.45) is 0.358. The van der Waals surface area contributed by atoms with E-state index in [4.69, 9.17) is 4.74 Å². The molecule has 0 unspecified atom stereocenters. The Morgan fingerprint density at radius 2 is 1.63 bits per heavy atom. The molecule has 0 saturated carbocycles. The largest absolute Gasteiger partial charge is 0.495 e. The molecule has 3 aromatic carbocycles. The molecule has 0 fully saturated rings. The monoisotopic (exact) mass is 537 g/mol. The molecule has 0 saturated heterocycles. The van der Waals surface area contributed by atoms with Crippen LogP contribution in [0.3, 0.4) is 0 Å². The number of amides is 2. The minimum Gasteiger partial charge on any atom is -0.495 e. The molecule has 2 amide bonds. The van der Waals surface area contributed by atoms with Gasteiger partial charge in [-0.1, -0.05) is 55.5 Å². The zero-order valence-corrected chi connectivity index (χ0v) is 23.3. The van der Waals surface area contributed by atoms with Crippen molar-refractivity contribution in [2.24, 2.45) is 0 Å². The number of methoxy groups -OCH3 is 1. The van der Waals surface area contributed by atoms with E-state index in [0.29, 0.717) is 12.2 Å². The van der Waals surface area contributed by atoms with Crippen LogP contribution in [0.2, 0.25) is 0 Å². The van der Waals surface area contributed by atoms with E-state index >= 15 is 0 Å². The second-order valence-electron chi connectivity index (χ2n) is 8.99. The Morgan fingerprint density at radius 3 is 2.24 bits per heavy atom. The first-order chi connectivity index (χ1) is 18.1. The van der Waals surface area contributed by atoms with E-state index < -0.39 is 28.5 Å². The number of carbonyl (C=O) groups is 2. The van der Waals surface area contributed by atoms with Crippen molar-refractivity contribution in [1.82, 2.24) is 10.2 Å². The number of likely N-dealkylation sites (N-methyl/N-ethyl adjacent to an activating group) is 1. The molecule has 0 aliphatic heterocycles. The Labute approximate surface area is 225 Å². The third-order valence-electron chi connectivity index (χ3n) is 6.45. The van der Waals surface area contributed by atoms with Crippen molar-refractivity contribution in [3.8, 4) is 5.75 Å². The molecule has 38 heavy (non-hydrogen) atoms. The molecule has 0 spiro atoms. The number of hydrogen-bond donors (Lipinski definition) is 1. The van der Waals surface area contributed by atoms with Gasteiger partial charge in [0, 0.05) is 13.6 Å². The van der Waals surface area contributed by atoms with Crippen LogP contribution >= 0.6 is 0 Å². The third-order valence-corrected chi connectivity index (χ3v) is 8.22. The minimum absolute atomic E-state index is 0.0418. The Balaban J connectivity index is 2.13. The summed E-state index contributed by atoms with van der Waals surface area (Å²) in [6.45, 7) is 5.22. The van der Waals surface area contributed by atoms with Crippen LogP contribution in [0.1, 0.15) is 30.0 Å². The van der Waals surface area contributed by atoms with E-state index in [9.17, 15) is 18.0 Å². The molecular weight excluding hydrogens is 502 g/mol. The minimum atomic E-state index is -4.17. The predicted octanol–water partition coefficient (Wildman–Crippen LogP) is 4.06. The lowest BCUT2D eigenvalue weighted by Gasteiger charge is -2.33. The summed E-state index contributed by atoms with van der Waals surface area (Å²) in [4.78, 5) is 28.3. The molecule has 0 radical (unpaired) electrons. The number of ether oxygens (including phenoxy) is 1. The summed E-state index contributed by atoms with van der Waals surface area (Å²) in [7, 11) is -1.20. The van der Waals surface area contributed by atoms with Gasteiger partial charge in [-0.15, -0.1) is 0 Å². The summed E-state index contributed by atoms with van der Waals surface area (Å²) in [6, 6.07) is 19.9. The van der Waals surface area contributed by atoms with Crippen LogP contribution in [-0.4, -0.2) is 51.9 Å². The molecule has 0 aromatic heterocycles. The second kappa shape index (κ2) is 12.6. The van der Waals surface area contributed by atoms with Gasteiger partial charge >= 0.3 is 0 Å². The Morgan fingerprint density at radius 1 is 0.974 bits per heavy atom. The lowest BCUT2D eigenvalue weighted by atomic mass is 10.1. The molecular formula is C29H35N3O5S. The molecule has 8 nitrogen and oxygen atoms in total. The maximum atomic E-state index is 14.0. The van der Waals surface area contributed by atoms with Crippen molar-refractivity contribution in [3.63, 3.8) is 0 Å². The van der Waals surface area contributed by atoms with Gasteiger partial charge in [0.15, 0.2) is 0 Å². The molecule has 3 aromatic rings. The number of aryl methyl sites for hydroxylation is 2. The second-order valence-corrected chi connectivity index (χ2v) is 10.8. The highest BCUT2D eigenvalue weighted by Crippen LogP contribution is 2.33. The zero-order chi connectivity index (χ0) is 27.9. The van der Waals surface area contributed by atoms with E-state index in [2.05, 4.69) is 5.32 Å². The molecule has 0 aliphatic carbocycles. The summed E-state index contributed by atoms with van der Waals surface area (Å²) in [5, 5.41) is 2.63. The average Bonchev–Trinajstić information content (AvgIpc) is 2.92. The highest BCUT2D eigenvalue weighted by atomic mass is 32.2. The average molecular weight is 538 g/mol. The first-order valence-corrected chi connectivity index (χ1v) is 13.9. The summed E-state index contributed by atoms with van der Waals surface area (Å²) in [5.41, 5.74) is 2.88. The highest BCUT2D eigenvalue weighted by Gasteiger charge is 2.34. The van der Waals surface area contributed by atoms with Gasteiger partial charge in [-0.05, 0) is 61.2 Å². The van der Waals surface area contributed by atoms with Crippen molar-refractivity contribution in [3.05, 3.63) is 89.5 Å². The lowest BCUT2D eigenvalue weighted by molar-refractivity contribution is -0.140. The Kier molecular flexibility index (Phi) is 9.52. The van der Waals surface area contributed by atoms with Gasteiger partial charge in [-0.3, -0.25) is 13.9 Å². The smallest absolute Gasteiger partial charge is 0.264 e. The van der Waals surface area contributed by atoms with Gasteiger partial charge in [0.1, 0.15) is 18.3 Å². The normalized spacial score (nSPS) is 11.9. The standard InChI is InChI=1S/C29H35N3O5S/c1-6-25(29(34)30-4)31(19-23-13-11-10-12-22(23)3)28(33)20-32(26-18-21(2)16-17-27(26)37-5)38(35,36)24-14-8-7-9-15-24/h7-18,25H,6,19-20H2,1-5H3,(H,30,34)/t25-/m1/s1. The van der Waals surface area contributed by atoms with Gasteiger partial charge in [-0.25, -0.2) is 8.42 Å². The first kappa shape index (κ1) is 28.7. The number of anilines is 1. The van der Waals surface area contributed by atoms with Gasteiger partial charge in [-0.2, -0.15) is 0 Å². The molecule has 1 N–H and O–H groups in total. The summed E-state index contributed by atoms with van der Waals surface area (Å²) >= 11 is 0. The van der Waals surface area contributed by atoms with Crippen molar-refractivity contribution in [2.45, 2.75) is 44.7 Å². The lowest BCUT2D eigenvalue weighted by Crippen LogP contribution is -2.51. The van der Waals surface area contributed by atoms with Crippen molar-refractivity contribution in [1.29, 1.82) is 0 Å². The fraction of sp³-hybridized carbons (Fsp3) is 0.310. The summed E-state index contributed by atoms with van der Waals surface area (Å²) < 4.78 is 34.4. The van der Waals surface area contributed by atoms with Gasteiger partial charge in [0.05, 0.1) is 17.7 Å². The topological polar surface area (TPSA) is 96.0 Å². The van der Waals surface area contributed by atoms with Crippen LogP contribution in [0.4, 0.5) is 5.69 Å². The molecule has 0 aliphatic rings. The first-order valence-electron chi connectivity index (χ1n) is 12.4. The number of benzene rings is 3. The van der Waals surface area contributed by atoms with Crippen LogP contribution in [0.25, 0.3) is 0 Å². The quantitative estimate of drug-likeness (QED) is 0.398. The Bertz CT molecular complexity index is 1380. The number of hydrogen-bond acceptors (Lipinski definition) is 5. The fourth-order valence-corrected chi connectivity index (χ4v) is 5.72. The molecule has 202 valence electrons. The van der Waals surface area contributed by atoms with Gasteiger partial charge < -0.3 is 15.0 Å². The van der Waals surface area contributed by atoms with Crippen LogP contribution in [0.5, 0.6) is 5.75 Å². The van der Waals surface area contributed by atoms with E-state index in [1.54, 1.807) is 36.4 Å². The molecule has 0 heterocycles. The number of carbonyl (C=O) groups excluding carboxylic acids is 2. The van der Waals surface area contributed by atoms with Crippen molar-refractivity contribution in [2.75, 3.05) is 25.0 Å². The maximum Gasteiger partial charge on any atom is 0.264 e. The Hall–Kier alpha value is -3.85. The van der Waals surface area contributed by atoms with E-state index in [1.165, 1.54) is 31.2 Å². The van der Waals surface area contributed by atoms with Gasteiger partial charge in [0.2, 0.25) is 11.8 Å². The van der Waals surface area contributed by atoms with E-state index in [0.717, 1.165) is 21.0 Å². The number of nitrogens with zero attached hydrogens (tertiary/aromatic N) is 2. The number of rotatable bonds is 11. The van der Waals surface area contributed by atoms with Crippen LogP contribution < -0.4 is 14.4 Å². The maximum absolute atomic E-state index is 14.0. The van der Waals surface area contributed by atoms with Gasteiger partial charge in [0.25, 0.3) is 10.0 Å². The van der Waals surface area contributed by atoms with Crippen LogP contribution in [-0.2, 0) is 26.2 Å². The zero-order valence-electron chi connectivity index (χ0n) is 22.5. The van der Waals surface area contributed by atoms with E-state index in [1.807, 2.05) is 45.0 Å². The molecule has 3 rings (SSSR count). The third kappa shape index (κ3) is 6.34. The van der Waals surface area contributed by atoms with Crippen molar-refractivity contribution < 1.29 is 22.7 Å². The molecule has 1 atom stereocenters. The predicted molar refractivity (Wildman–Crippen MR) is 149 cm³/mol. The molecule has 9 heteroatoms.